The highest BCUT2D eigenvalue weighted by molar-refractivity contribution is 9.10. The van der Waals surface area contributed by atoms with Gasteiger partial charge in [-0.25, -0.2) is 0 Å². The average Bonchev–Trinajstić information content (AvgIpc) is 2.81. The number of rotatable bonds is 5. The quantitative estimate of drug-likeness (QED) is 0.767. The Morgan fingerprint density at radius 3 is 2.95 bits per heavy atom. The van der Waals surface area contributed by atoms with Crippen molar-refractivity contribution in [1.82, 2.24) is 5.32 Å². The predicted molar refractivity (Wildman–Crippen MR) is 83.7 cm³/mol. The van der Waals surface area contributed by atoms with E-state index in [0.29, 0.717) is 12.3 Å². The monoisotopic (exact) mass is 345 g/mol. The molecule has 0 unspecified atom stereocenters. The van der Waals surface area contributed by atoms with Gasteiger partial charge in [0.15, 0.2) is 0 Å². The van der Waals surface area contributed by atoms with Crippen LogP contribution in [0.4, 0.5) is 0 Å². The Labute approximate surface area is 126 Å². The van der Waals surface area contributed by atoms with Gasteiger partial charge in [-0.05, 0) is 36.8 Å². The molecule has 1 aromatic carbocycles. The van der Waals surface area contributed by atoms with Crippen LogP contribution in [0.5, 0.6) is 5.75 Å². The molecule has 19 heavy (non-hydrogen) atoms. The molecule has 1 heterocycles. The molecule has 0 radical (unpaired) electrons. The van der Waals surface area contributed by atoms with Crippen LogP contribution in [-0.2, 0) is 0 Å². The third kappa shape index (κ3) is 3.88. The molecule has 1 saturated heterocycles. The van der Waals surface area contributed by atoms with Gasteiger partial charge in [0.25, 0.3) is 0 Å². The molecule has 0 saturated carbocycles. The molecular formula is C14H20BrNO2S. The van der Waals surface area contributed by atoms with Gasteiger partial charge in [-0.15, -0.1) is 0 Å². The van der Waals surface area contributed by atoms with E-state index in [-0.39, 0.29) is 6.04 Å². The number of hydrogen-bond acceptors (Lipinski definition) is 4. The van der Waals surface area contributed by atoms with Gasteiger partial charge in [0.05, 0.1) is 5.60 Å². The van der Waals surface area contributed by atoms with Gasteiger partial charge in [0.2, 0.25) is 0 Å². The summed E-state index contributed by atoms with van der Waals surface area (Å²) >= 11 is 5.22. The molecule has 0 spiro atoms. The molecule has 1 aliphatic rings. The molecule has 5 heteroatoms. The second kappa shape index (κ2) is 6.48. The molecule has 0 amide bonds. The van der Waals surface area contributed by atoms with Gasteiger partial charge in [0, 0.05) is 28.4 Å². The van der Waals surface area contributed by atoms with Gasteiger partial charge in [-0.1, -0.05) is 22.9 Å². The zero-order chi connectivity index (χ0) is 13.9. The Bertz CT molecular complexity index is 435. The van der Waals surface area contributed by atoms with E-state index in [2.05, 4.69) is 28.2 Å². The van der Waals surface area contributed by atoms with E-state index >= 15 is 0 Å². The highest BCUT2D eigenvalue weighted by Crippen LogP contribution is 2.31. The van der Waals surface area contributed by atoms with Gasteiger partial charge in [-0.3, -0.25) is 0 Å². The summed E-state index contributed by atoms with van der Waals surface area (Å²) in [4.78, 5) is 0. The molecular weight excluding hydrogens is 326 g/mol. The Hall–Kier alpha value is -0.230. The zero-order valence-electron chi connectivity index (χ0n) is 11.0. The van der Waals surface area contributed by atoms with Crippen LogP contribution in [0.2, 0.25) is 0 Å². The highest BCUT2D eigenvalue weighted by atomic mass is 79.9. The summed E-state index contributed by atoms with van der Waals surface area (Å²) in [6, 6.07) is 5.52. The number of halogens is 1. The van der Waals surface area contributed by atoms with Crippen LogP contribution in [0.1, 0.15) is 31.4 Å². The summed E-state index contributed by atoms with van der Waals surface area (Å²) < 4.78 is 0.954. The molecule has 106 valence electrons. The molecule has 1 aliphatic heterocycles. The lowest BCUT2D eigenvalue weighted by molar-refractivity contribution is 0.0642. The molecule has 0 bridgehead atoms. The summed E-state index contributed by atoms with van der Waals surface area (Å²) in [5, 5.41) is 23.7. The maximum Gasteiger partial charge on any atom is 0.120 e. The van der Waals surface area contributed by atoms with Crippen LogP contribution in [0.25, 0.3) is 0 Å². The second-order valence-electron chi connectivity index (χ2n) is 5.07. The number of thioether (sulfide) groups is 1. The van der Waals surface area contributed by atoms with Crippen molar-refractivity contribution < 1.29 is 10.2 Å². The van der Waals surface area contributed by atoms with Gasteiger partial charge in [-0.2, -0.15) is 11.8 Å². The lowest BCUT2D eigenvalue weighted by atomic mass is 10.00. The number of nitrogens with one attached hydrogen (secondary N) is 1. The average molecular weight is 346 g/mol. The fourth-order valence-corrected chi connectivity index (χ4v) is 4.00. The maximum atomic E-state index is 10.4. The lowest BCUT2D eigenvalue weighted by Gasteiger charge is -2.26. The van der Waals surface area contributed by atoms with Crippen LogP contribution < -0.4 is 5.32 Å². The second-order valence-corrected chi connectivity index (χ2v) is 7.09. The molecule has 3 nitrogen and oxygen atoms in total. The smallest absolute Gasteiger partial charge is 0.120 e. The first-order valence-electron chi connectivity index (χ1n) is 6.56. The normalized spacial score (nSPS) is 24.6. The van der Waals surface area contributed by atoms with Crippen molar-refractivity contribution in [3.63, 3.8) is 0 Å². The van der Waals surface area contributed by atoms with Crippen molar-refractivity contribution in [2.75, 3.05) is 18.1 Å². The third-order valence-electron chi connectivity index (χ3n) is 3.53. The third-order valence-corrected chi connectivity index (χ3v) is 5.26. The number of hydrogen-bond donors (Lipinski definition) is 3. The molecule has 3 N–H and O–H groups in total. The van der Waals surface area contributed by atoms with Gasteiger partial charge >= 0.3 is 0 Å². The minimum Gasteiger partial charge on any atom is -0.508 e. The van der Waals surface area contributed by atoms with Crippen LogP contribution in [-0.4, -0.2) is 33.9 Å². The summed E-state index contributed by atoms with van der Waals surface area (Å²) in [5.41, 5.74) is 0.283. The van der Waals surface area contributed by atoms with Crippen LogP contribution >= 0.6 is 27.7 Å². The topological polar surface area (TPSA) is 52.5 Å². The van der Waals surface area contributed by atoms with Crippen molar-refractivity contribution >= 4 is 27.7 Å². The van der Waals surface area contributed by atoms with Crippen LogP contribution in [0.3, 0.4) is 0 Å². The van der Waals surface area contributed by atoms with Crippen molar-refractivity contribution in [2.24, 2.45) is 0 Å². The van der Waals surface area contributed by atoms with E-state index in [1.807, 2.05) is 12.1 Å². The van der Waals surface area contributed by atoms with E-state index < -0.39 is 5.60 Å². The first kappa shape index (κ1) is 15.2. The summed E-state index contributed by atoms with van der Waals surface area (Å²) in [6.07, 6.45) is 1.71. The number of aromatic hydroxyl groups is 1. The largest absolute Gasteiger partial charge is 0.508 e. The Balaban J connectivity index is 2.05. The molecule has 0 aromatic heterocycles. The first-order valence-corrected chi connectivity index (χ1v) is 8.51. The van der Waals surface area contributed by atoms with Crippen molar-refractivity contribution in [3.05, 3.63) is 28.2 Å². The fourth-order valence-electron chi connectivity index (χ4n) is 2.33. The standard InChI is InChI=1S/C14H20BrNO2S/c1-2-12(11-7-10(15)3-4-13(11)17)16-8-14(18)5-6-19-9-14/h3-4,7,12,16-18H,2,5-6,8-9H2,1H3/t12-,14+/m0/s1. The van der Waals surface area contributed by atoms with Crippen LogP contribution in [0, 0.1) is 0 Å². The van der Waals surface area contributed by atoms with Gasteiger partial charge < -0.3 is 15.5 Å². The van der Waals surface area contributed by atoms with E-state index in [1.54, 1.807) is 17.8 Å². The number of phenols is 1. The van der Waals surface area contributed by atoms with E-state index in [0.717, 1.165) is 34.4 Å². The number of aliphatic hydroxyl groups is 1. The van der Waals surface area contributed by atoms with Crippen LogP contribution in [0.15, 0.2) is 22.7 Å². The predicted octanol–water partition coefficient (Wildman–Crippen LogP) is 3.06. The minimum absolute atomic E-state index is 0.0622. The maximum absolute atomic E-state index is 10.4. The number of phenolic OH excluding ortho intramolecular Hbond substituents is 1. The lowest BCUT2D eigenvalue weighted by Crippen LogP contribution is -2.41. The molecule has 1 aromatic rings. The van der Waals surface area contributed by atoms with Gasteiger partial charge in [0.1, 0.15) is 5.75 Å². The zero-order valence-corrected chi connectivity index (χ0v) is 13.4. The summed E-state index contributed by atoms with van der Waals surface area (Å²) in [7, 11) is 0. The first-order chi connectivity index (χ1) is 9.04. The molecule has 2 atom stereocenters. The Kier molecular flexibility index (Phi) is 5.17. The Morgan fingerprint density at radius 1 is 1.53 bits per heavy atom. The highest BCUT2D eigenvalue weighted by Gasteiger charge is 2.32. The molecule has 1 fully saturated rings. The minimum atomic E-state index is -0.598. The fraction of sp³-hybridized carbons (Fsp3) is 0.571. The Morgan fingerprint density at radius 2 is 2.32 bits per heavy atom. The SMILES string of the molecule is CC[C@H](NC[C@]1(O)CCSC1)c1cc(Br)ccc1O. The summed E-state index contributed by atoms with van der Waals surface area (Å²) in [5.74, 6) is 2.12. The summed E-state index contributed by atoms with van der Waals surface area (Å²) in [6.45, 7) is 2.65. The molecule has 0 aliphatic carbocycles. The number of benzene rings is 1. The van der Waals surface area contributed by atoms with E-state index in [4.69, 9.17) is 0 Å². The van der Waals surface area contributed by atoms with Crippen molar-refractivity contribution in [1.29, 1.82) is 0 Å². The van der Waals surface area contributed by atoms with Crippen molar-refractivity contribution in [2.45, 2.75) is 31.4 Å². The van der Waals surface area contributed by atoms with E-state index in [1.165, 1.54) is 0 Å². The molecule has 2 rings (SSSR count). The van der Waals surface area contributed by atoms with Crippen molar-refractivity contribution in [3.8, 4) is 5.75 Å². The van der Waals surface area contributed by atoms with E-state index in [9.17, 15) is 10.2 Å².